The standard InChI is InChI=1S/C17H23N3O/c1-14-7-8-18-12-15(14)13-19-16-5-4-6-17(11-16)21-10-9-20(2)3/h4-8,11-12,19H,9-10,13H2,1-3H3. The molecule has 1 aromatic heterocycles. The Hall–Kier alpha value is -2.07. The van der Waals surface area contributed by atoms with Crippen LogP contribution in [0.15, 0.2) is 42.7 Å². The van der Waals surface area contributed by atoms with E-state index in [4.69, 9.17) is 4.74 Å². The molecule has 4 nitrogen and oxygen atoms in total. The van der Waals surface area contributed by atoms with E-state index in [-0.39, 0.29) is 0 Å². The summed E-state index contributed by atoms with van der Waals surface area (Å²) in [6, 6.07) is 10.1. The second-order valence-corrected chi connectivity index (χ2v) is 5.34. The first-order valence-corrected chi connectivity index (χ1v) is 7.16. The van der Waals surface area contributed by atoms with Gasteiger partial charge in [-0.3, -0.25) is 4.98 Å². The quantitative estimate of drug-likeness (QED) is 0.848. The van der Waals surface area contributed by atoms with E-state index in [0.29, 0.717) is 6.61 Å². The molecular formula is C17H23N3O. The van der Waals surface area contributed by atoms with Crippen molar-refractivity contribution in [3.8, 4) is 5.75 Å². The van der Waals surface area contributed by atoms with Crippen LogP contribution in [-0.2, 0) is 6.54 Å². The molecule has 0 radical (unpaired) electrons. The molecule has 1 N–H and O–H groups in total. The van der Waals surface area contributed by atoms with Gasteiger partial charge in [-0.25, -0.2) is 0 Å². The number of hydrogen-bond donors (Lipinski definition) is 1. The van der Waals surface area contributed by atoms with E-state index in [1.54, 1.807) is 0 Å². The minimum atomic E-state index is 0.693. The average Bonchev–Trinajstić information content (AvgIpc) is 2.46. The Morgan fingerprint density at radius 3 is 2.86 bits per heavy atom. The number of aromatic nitrogens is 1. The van der Waals surface area contributed by atoms with Crippen LogP contribution in [-0.4, -0.2) is 37.1 Å². The van der Waals surface area contributed by atoms with Gasteiger partial charge < -0.3 is 15.0 Å². The molecule has 0 bridgehead atoms. The van der Waals surface area contributed by atoms with E-state index in [9.17, 15) is 0 Å². The molecule has 4 heteroatoms. The van der Waals surface area contributed by atoms with E-state index >= 15 is 0 Å². The molecular weight excluding hydrogens is 262 g/mol. The molecule has 0 fully saturated rings. The lowest BCUT2D eigenvalue weighted by Crippen LogP contribution is -2.19. The number of aryl methyl sites for hydroxylation is 1. The first-order valence-electron chi connectivity index (χ1n) is 7.16. The van der Waals surface area contributed by atoms with Crippen LogP contribution in [0, 0.1) is 6.92 Å². The van der Waals surface area contributed by atoms with Crippen molar-refractivity contribution in [1.29, 1.82) is 0 Å². The molecule has 0 atom stereocenters. The molecule has 0 spiro atoms. The van der Waals surface area contributed by atoms with Crippen molar-refractivity contribution in [2.24, 2.45) is 0 Å². The highest BCUT2D eigenvalue weighted by atomic mass is 16.5. The highest BCUT2D eigenvalue weighted by Gasteiger charge is 2.00. The molecule has 0 aliphatic carbocycles. The Bertz CT molecular complexity index is 569. The summed E-state index contributed by atoms with van der Waals surface area (Å²) in [4.78, 5) is 6.27. The Labute approximate surface area is 126 Å². The van der Waals surface area contributed by atoms with Crippen LogP contribution in [0.1, 0.15) is 11.1 Å². The fraction of sp³-hybridized carbons (Fsp3) is 0.353. The van der Waals surface area contributed by atoms with Gasteiger partial charge in [-0.1, -0.05) is 6.07 Å². The van der Waals surface area contributed by atoms with Gasteiger partial charge in [0.2, 0.25) is 0 Å². The average molecular weight is 285 g/mol. The number of ether oxygens (including phenoxy) is 1. The molecule has 1 aromatic carbocycles. The summed E-state index contributed by atoms with van der Waals surface area (Å²) in [5, 5.41) is 3.41. The van der Waals surface area contributed by atoms with Gasteiger partial charge in [-0.15, -0.1) is 0 Å². The summed E-state index contributed by atoms with van der Waals surface area (Å²) >= 11 is 0. The molecule has 112 valence electrons. The van der Waals surface area contributed by atoms with Gasteiger partial charge in [0.15, 0.2) is 0 Å². The third-order valence-electron chi connectivity index (χ3n) is 3.27. The molecule has 2 aromatic rings. The minimum absolute atomic E-state index is 0.693. The predicted molar refractivity (Wildman–Crippen MR) is 86.8 cm³/mol. The summed E-state index contributed by atoms with van der Waals surface area (Å²) < 4.78 is 5.74. The van der Waals surface area contributed by atoms with E-state index < -0.39 is 0 Å². The highest BCUT2D eigenvalue weighted by molar-refractivity contribution is 5.48. The minimum Gasteiger partial charge on any atom is -0.492 e. The summed E-state index contributed by atoms with van der Waals surface area (Å²) in [6.07, 6.45) is 3.72. The molecule has 21 heavy (non-hydrogen) atoms. The predicted octanol–water partition coefficient (Wildman–Crippen LogP) is 2.94. The maximum atomic E-state index is 5.74. The first-order chi connectivity index (χ1) is 10.1. The van der Waals surface area contributed by atoms with Gasteiger partial charge in [-0.2, -0.15) is 0 Å². The van der Waals surface area contributed by atoms with Crippen LogP contribution in [0.2, 0.25) is 0 Å². The van der Waals surface area contributed by atoms with Gasteiger partial charge in [0, 0.05) is 37.2 Å². The van der Waals surface area contributed by atoms with Crippen LogP contribution in [0.25, 0.3) is 0 Å². The molecule has 0 saturated heterocycles. The lowest BCUT2D eigenvalue weighted by atomic mass is 10.1. The van der Waals surface area contributed by atoms with E-state index in [1.807, 2.05) is 56.8 Å². The van der Waals surface area contributed by atoms with Crippen molar-refractivity contribution in [2.45, 2.75) is 13.5 Å². The SMILES string of the molecule is Cc1ccncc1CNc1cccc(OCCN(C)C)c1. The lowest BCUT2D eigenvalue weighted by Gasteiger charge is -2.13. The van der Waals surface area contributed by atoms with Crippen molar-refractivity contribution >= 4 is 5.69 Å². The van der Waals surface area contributed by atoms with Gasteiger partial charge in [0.25, 0.3) is 0 Å². The Morgan fingerprint density at radius 1 is 1.24 bits per heavy atom. The maximum Gasteiger partial charge on any atom is 0.121 e. The summed E-state index contributed by atoms with van der Waals surface area (Å²) in [5.74, 6) is 0.893. The number of nitrogens with zero attached hydrogens (tertiary/aromatic N) is 2. The molecule has 0 saturated carbocycles. The lowest BCUT2D eigenvalue weighted by molar-refractivity contribution is 0.261. The van der Waals surface area contributed by atoms with Crippen LogP contribution >= 0.6 is 0 Å². The van der Waals surface area contributed by atoms with Crippen molar-refractivity contribution in [2.75, 3.05) is 32.6 Å². The zero-order chi connectivity index (χ0) is 15.1. The monoisotopic (exact) mass is 285 g/mol. The molecule has 0 unspecified atom stereocenters. The summed E-state index contributed by atoms with van der Waals surface area (Å²) in [6.45, 7) is 4.46. The van der Waals surface area contributed by atoms with E-state index in [1.165, 1.54) is 11.1 Å². The van der Waals surface area contributed by atoms with Gasteiger partial charge in [0.1, 0.15) is 12.4 Å². The highest BCUT2D eigenvalue weighted by Crippen LogP contribution is 2.18. The van der Waals surface area contributed by atoms with Crippen molar-refractivity contribution < 1.29 is 4.74 Å². The van der Waals surface area contributed by atoms with Crippen molar-refractivity contribution in [3.63, 3.8) is 0 Å². The third kappa shape index (κ3) is 5.08. The first kappa shape index (κ1) is 15.3. The molecule has 1 heterocycles. The molecule has 0 aliphatic heterocycles. The Kier molecular flexibility index (Phi) is 5.58. The Morgan fingerprint density at radius 2 is 2.10 bits per heavy atom. The number of hydrogen-bond acceptors (Lipinski definition) is 4. The van der Waals surface area contributed by atoms with Crippen LogP contribution in [0.4, 0.5) is 5.69 Å². The Balaban J connectivity index is 1.90. The largest absolute Gasteiger partial charge is 0.492 e. The zero-order valence-electron chi connectivity index (χ0n) is 13.0. The van der Waals surface area contributed by atoms with E-state index in [0.717, 1.165) is 24.5 Å². The fourth-order valence-electron chi connectivity index (χ4n) is 1.92. The van der Waals surface area contributed by atoms with Gasteiger partial charge >= 0.3 is 0 Å². The number of pyridine rings is 1. The number of likely N-dealkylation sites (N-methyl/N-ethyl adjacent to an activating group) is 1. The number of benzene rings is 1. The fourth-order valence-corrected chi connectivity index (χ4v) is 1.92. The molecule has 2 rings (SSSR count). The smallest absolute Gasteiger partial charge is 0.121 e. The van der Waals surface area contributed by atoms with Crippen LogP contribution < -0.4 is 10.1 Å². The topological polar surface area (TPSA) is 37.4 Å². The summed E-state index contributed by atoms with van der Waals surface area (Å²) in [5.41, 5.74) is 3.51. The van der Waals surface area contributed by atoms with Crippen molar-refractivity contribution in [3.05, 3.63) is 53.9 Å². The number of nitrogens with one attached hydrogen (secondary N) is 1. The van der Waals surface area contributed by atoms with Gasteiger partial charge in [0.05, 0.1) is 0 Å². The molecule has 0 aliphatic rings. The maximum absolute atomic E-state index is 5.74. The summed E-state index contributed by atoms with van der Waals surface area (Å²) in [7, 11) is 4.08. The van der Waals surface area contributed by atoms with E-state index in [2.05, 4.69) is 22.1 Å². The number of rotatable bonds is 7. The molecule has 0 amide bonds. The van der Waals surface area contributed by atoms with Crippen LogP contribution in [0.5, 0.6) is 5.75 Å². The zero-order valence-corrected chi connectivity index (χ0v) is 13.0. The third-order valence-corrected chi connectivity index (χ3v) is 3.27. The second kappa shape index (κ2) is 7.64. The normalized spacial score (nSPS) is 10.7. The van der Waals surface area contributed by atoms with Crippen LogP contribution in [0.3, 0.4) is 0 Å². The second-order valence-electron chi connectivity index (χ2n) is 5.34. The number of anilines is 1. The van der Waals surface area contributed by atoms with Crippen molar-refractivity contribution in [1.82, 2.24) is 9.88 Å². The van der Waals surface area contributed by atoms with Gasteiger partial charge in [-0.05, 0) is 50.3 Å².